The zero-order chi connectivity index (χ0) is 20.3. The number of hydrogen-bond donors (Lipinski definition) is 0. The highest BCUT2D eigenvalue weighted by Crippen LogP contribution is 2.75. The summed E-state index contributed by atoms with van der Waals surface area (Å²) in [5.41, 5.74) is -10.3. The molecule has 1 heterocycles. The summed E-state index contributed by atoms with van der Waals surface area (Å²) < 4.78 is 84.5. The van der Waals surface area contributed by atoms with Crippen LogP contribution in [0.1, 0.15) is 41.5 Å². The van der Waals surface area contributed by atoms with Gasteiger partial charge in [-0.1, -0.05) is 41.5 Å². The van der Waals surface area contributed by atoms with E-state index in [1.165, 1.54) is 41.5 Å². The first-order valence-electron chi connectivity index (χ1n) is 7.46. The first kappa shape index (κ1) is 22.0. The van der Waals surface area contributed by atoms with E-state index in [0.717, 1.165) is 12.1 Å². The van der Waals surface area contributed by atoms with Crippen molar-refractivity contribution in [1.29, 1.82) is 10.5 Å². The molecule has 0 aromatic rings. The van der Waals surface area contributed by atoms with Crippen molar-refractivity contribution in [2.24, 2.45) is 21.7 Å². The summed E-state index contributed by atoms with van der Waals surface area (Å²) in [6.45, 7) is 8.12. The zero-order valence-electron chi connectivity index (χ0n) is 14.7. The van der Waals surface area contributed by atoms with Crippen molar-refractivity contribution in [2.75, 3.05) is 0 Å². The van der Waals surface area contributed by atoms with Gasteiger partial charge in [-0.3, -0.25) is 0 Å². The Hall–Kier alpha value is -1.09. The summed E-state index contributed by atoms with van der Waals surface area (Å²) >= 11 is 0.456. The molecular weight excluding hydrogens is 366 g/mol. The Balaban J connectivity index is 4.12. The monoisotopic (exact) mass is 386 g/mol. The predicted octanol–water partition coefficient (Wildman–Crippen LogP) is 5.71. The standard InChI is InChI=1S/C16H20F6N2S/c1-11(2,3)9-13(7-23,15(17,18)19)14(8-24,16(20,21)22)10(25-9)12(4,5)6/h9-10H,1-6H3. The smallest absolute Gasteiger partial charge is 0.197 e. The minimum Gasteiger partial charge on any atom is -0.197 e. The molecule has 4 atom stereocenters. The predicted molar refractivity (Wildman–Crippen MR) is 82.3 cm³/mol. The third kappa shape index (κ3) is 2.79. The van der Waals surface area contributed by atoms with Crippen LogP contribution in [0.15, 0.2) is 0 Å². The van der Waals surface area contributed by atoms with Crippen molar-refractivity contribution in [3.8, 4) is 12.1 Å². The number of hydrogen-bond acceptors (Lipinski definition) is 3. The largest absolute Gasteiger partial charge is 0.410 e. The van der Waals surface area contributed by atoms with E-state index in [2.05, 4.69) is 0 Å². The van der Waals surface area contributed by atoms with Crippen LogP contribution in [0.5, 0.6) is 0 Å². The maximum Gasteiger partial charge on any atom is 0.410 e. The zero-order valence-corrected chi connectivity index (χ0v) is 15.5. The fraction of sp³-hybridized carbons (Fsp3) is 0.875. The topological polar surface area (TPSA) is 47.6 Å². The van der Waals surface area contributed by atoms with Crippen molar-refractivity contribution < 1.29 is 26.3 Å². The minimum absolute atomic E-state index is 0.456. The van der Waals surface area contributed by atoms with Gasteiger partial charge in [0.25, 0.3) is 0 Å². The first-order valence-corrected chi connectivity index (χ1v) is 8.40. The highest BCUT2D eigenvalue weighted by Gasteiger charge is 2.88. The van der Waals surface area contributed by atoms with E-state index in [-0.39, 0.29) is 0 Å². The molecule has 1 saturated heterocycles. The van der Waals surface area contributed by atoms with Crippen LogP contribution in [0.3, 0.4) is 0 Å². The minimum atomic E-state index is -5.53. The Bertz CT molecular complexity index is 559. The van der Waals surface area contributed by atoms with E-state index in [1.807, 2.05) is 0 Å². The molecule has 1 rings (SSSR count). The number of halogens is 6. The summed E-state index contributed by atoms with van der Waals surface area (Å²) in [6, 6.07) is 1.87. The fourth-order valence-corrected chi connectivity index (χ4v) is 5.87. The maximum absolute atomic E-state index is 14.1. The van der Waals surface area contributed by atoms with E-state index in [4.69, 9.17) is 0 Å². The van der Waals surface area contributed by atoms with Crippen LogP contribution in [0, 0.1) is 44.3 Å². The van der Waals surface area contributed by atoms with Crippen LogP contribution in [0.4, 0.5) is 26.3 Å². The number of rotatable bonds is 0. The summed E-state index contributed by atoms with van der Waals surface area (Å²) in [5.74, 6) is 0. The van der Waals surface area contributed by atoms with Crippen LogP contribution >= 0.6 is 11.8 Å². The summed E-state index contributed by atoms with van der Waals surface area (Å²) in [4.78, 5) is 0. The average Bonchev–Trinajstić information content (AvgIpc) is 2.68. The molecule has 0 spiro atoms. The normalized spacial score (nSPS) is 34.5. The van der Waals surface area contributed by atoms with Crippen molar-refractivity contribution in [1.82, 2.24) is 0 Å². The number of alkyl halides is 6. The van der Waals surface area contributed by atoms with Crippen molar-refractivity contribution in [2.45, 2.75) is 64.4 Å². The van der Waals surface area contributed by atoms with E-state index >= 15 is 0 Å². The quantitative estimate of drug-likeness (QED) is 0.501. The van der Waals surface area contributed by atoms with Gasteiger partial charge in [-0.15, -0.1) is 11.8 Å². The lowest BCUT2D eigenvalue weighted by atomic mass is 9.54. The van der Waals surface area contributed by atoms with Crippen LogP contribution in [0.2, 0.25) is 0 Å². The van der Waals surface area contributed by atoms with Crippen LogP contribution in [-0.4, -0.2) is 22.9 Å². The lowest BCUT2D eigenvalue weighted by Gasteiger charge is -2.46. The molecule has 1 aliphatic rings. The Kier molecular flexibility index (Phi) is 5.01. The van der Waals surface area contributed by atoms with Gasteiger partial charge >= 0.3 is 12.4 Å². The summed E-state index contributed by atoms with van der Waals surface area (Å²) in [5, 5.41) is 15.4. The van der Waals surface area contributed by atoms with Crippen molar-refractivity contribution in [3.05, 3.63) is 0 Å². The molecule has 142 valence electrons. The lowest BCUT2D eigenvalue weighted by Crippen LogP contribution is -2.64. The Morgan fingerprint density at radius 2 is 0.920 bits per heavy atom. The summed E-state index contributed by atoms with van der Waals surface area (Å²) in [6.07, 6.45) is -11.1. The van der Waals surface area contributed by atoms with Gasteiger partial charge in [-0.2, -0.15) is 36.9 Å². The van der Waals surface area contributed by atoms with Gasteiger partial charge < -0.3 is 0 Å². The van der Waals surface area contributed by atoms with Crippen molar-refractivity contribution in [3.63, 3.8) is 0 Å². The van der Waals surface area contributed by atoms with Gasteiger partial charge in [0.1, 0.15) is 0 Å². The van der Waals surface area contributed by atoms with Gasteiger partial charge in [0.05, 0.1) is 12.1 Å². The number of thioether (sulfide) groups is 1. The molecule has 2 nitrogen and oxygen atoms in total. The van der Waals surface area contributed by atoms with Crippen LogP contribution in [0.25, 0.3) is 0 Å². The number of nitriles is 2. The molecule has 9 heteroatoms. The molecule has 0 saturated carbocycles. The molecule has 0 aromatic carbocycles. The van der Waals surface area contributed by atoms with Crippen molar-refractivity contribution >= 4 is 11.8 Å². The SMILES string of the molecule is CC(C)(C)C1SC(C(C)(C)C)C(C#N)(C(F)(F)F)C1(C#N)C(F)(F)F. The number of nitrogens with zero attached hydrogens (tertiary/aromatic N) is 2. The molecule has 0 bridgehead atoms. The second-order valence-electron chi connectivity index (χ2n) is 8.46. The molecule has 0 aliphatic carbocycles. The van der Waals surface area contributed by atoms with Crippen LogP contribution in [-0.2, 0) is 0 Å². The maximum atomic E-state index is 14.1. The van der Waals surface area contributed by atoms with Gasteiger partial charge in [-0.25, -0.2) is 0 Å². The first-order chi connectivity index (χ1) is 10.8. The third-order valence-corrected chi connectivity index (χ3v) is 7.17. The van der Waals surface area contributed by atoms with E-state index in [0.29, 0.717) is 11.8 Å². The van der Waals surface area contributed by atoms with E-state index in [9.17, 15) is 36.9 Å². The molecule has 1 aliphatic heterocycles. The molecular formula is C16H20F6N2S. The molecule has 0 aromatic heterocycles. The van der Waals surface area contributed by atoms with E-state index < -0.39 is 44.5 Å². The van der Waals surface area contributed by atoms with Gasteiger partial charge in [0, 0.05) is 10.5 Å². The van der Waals surface area contributed by atoms with E-state index in [1.54, 1.807) is 0 Å². The summed E-state index contributed by atoms with van der Waals surface area (Å²) in [7, 11) is 0. The molecule has 0 amide bonds. The van der Waals surface area contributed by atoms with Gasteiger partial charge in [-0.05, 0) is 10.8 Å². The Morgan fingerprint density at radius 3 is 1.04 bits per heavy atom. The molecule has 25 heavy (non-hydrogen) atoms. The molecule has 1 fully saturated rings. The molecule has 0 radical (unpaired) electrons. The highest BCUT2D eigenvalue weighted by molar-refractivity contribution is 8.01. The third-order valence-electron chi connectivity index (χ3n) is 4.50. The van der Waals surface area contributed by atoms with Gasteiger partial charge in [0.15, 0.2) is 10.8 Å². The molecule has 0 N–H and O–H groups in total. The Morgan fingerprint density at radius 1 is 0.680 bits per heavy atom. The van der Waals surface area contributed by atoms with Crippen LogP contribution < -0.4 is 0 Å². The lowest BCUT2D eigenvalue weighted by molar-refractivity contribution is -0.307. The fourth-order valence-electron chi connectivity index (χ4n) is 3.63. The highest BCUT2D eigenvalue weighted by atomic mass is 32.2. The average molecular weight is 386 g/mol. The molecule has 4 unspecified atom stereocenters. The van der Waals surface area contributed by atoms with Gasteiger partial charge in [0.2, 0.25) is 0 Å². The Labute approximate surface area is 147 Å². The second kappa shape index (κ2) is 5.70. The second-order valence-corrected chi connectivity index (χ2v) is 9.68.